The monoisotopic (exact) mass is 329 g/mol. The fourth-order valence-corrected chi connectivity index (χ4v) is 2.36. The second-order valence-electron chi connectivity index (χ2n) is 4.89. The Kier molecular flexibility index (Phi) is 4.31. The molecule has 0 spiro atoms. The topological polar surface area (TPSA) is 78.5 Å². The van der Waals surface area contributed by atoms with E-state index in [-0.39, 0.29) is 11.4 Å². The van der Waals surface area contributed by atoms with Gasteiger partial charge in [0, 0.05) is 6.54 Å². The molecule has 1 fully saturated rings. The Balaban J connectivity index is 2.44. The molecule has 0 radical (unpaired) electrons. The van der Waals surface area contributed by atoms with Gasteiger partial charge in [0.05, 0.1) is 0 Å². The number of hydrogen-bond acceptors (Lipinski definition) is 3. The summed E-state index contributed by atoms with van der Waals surface area (Å²) in [6.07, 6.45) is -5.06. The van der Waals surface area contributed by atoms with Crippen LogP contribution in [0.4, 0.5) is 18.0 Å². The third-order valence-electron chi connectivity index (χ3n) is 3.41. The van der Waals surface area contributed by atoms with E-state index in [1.165, 1.54) is 18.2 Å². The molecule has 1 aromatic rings. The van der Waals surface area contributed by atoms with E-state index < -0.39 is 41.7 Å². The molecule has 1 aliphatic rings. The van der Waals surface area contributed by atoms with Crippen LogP contribution in [-0.4, -0.2) is 42.0 Å². The van der Waals surface area contributed by atoms with Gasteiger partial charge in [-0.15, -0.1) is 0 Å². The maximum Gasteiger partial charge on any atom is 0.425 e. The van der Waals surface area contributed by atoms with Crippen LogP contribution in [0.3, 0.4) is 0 Å². The Hall–Kier alpha value is -2.58. The second kappa shape index (κ2) is 5.90. The maximum absolute atomic E-state index is 13.6. The van der Waals surface area contributed by atoms with E-state index in [2.05, 4.69) is 5.32 Å². The molecule has 1 unspecified atom stereocenters. The van der Waals surface area contributed by atoms with Crippen LogP contribution in [0, 0.1) is 0 Å². The van der Waals surface area contributed by atoms with Crippen LogP contribution in [0.2, 0.25) is 0 Å². The van der Waals surface area contributed by atoms with Crippen LogP contribution in [0.25, 0.3) is 0 Å². The van der Waals surface area contributed by atoms with Crippen LogP contribution in [0.15, 0.2) is 30.3 Å². The zero-order chi connectivity index (χ0) is 17.3. The summed E-state index contributed by atoms with van der Waals surface area (Å²) in [6, 6.07) is 5.08. The van der Waals surface area contributed by atoms with Crippen LogP contribution in [0.5, 0.6) is 0 Å². The molecular weight excluding hydrogens is 315 g/mol. The molecule has 0 aliphatic carbocycles. The number of carbonyl (C=O) groups excluding carboxylic acids is 3. The maximum atomic E-state index is 13.6. The van der Waals surface area contributed by atoms with Crippen molar-refractivity contribution >= 4 is 17.8 Å². The summed E-state index contributed by atoms with van der Waals surface area (Å²) in [5, 5.41) is 4.03. The second-order valence-corrected chi connectivity index (χ2v) is 4.89. The fourth-order valence-electron chi connectivity index (χ4n) is 2.36. The molecule has 1 aliphatic heterocycles. The molecule has 2 rings (SSSR count). The van der Waals surface area contributed by atoms with E-state index in [1.807, 2.05) is 0 Å². The van der Waals surface area contributed by atoms with Gasteiger partial charge >= 0.3 is 12.2 Å². The summed E-state index contributed by atoms with van der Waals surface area (Å²) < 4.78 is 40.9. The molecule has 9 heteroatoms. The molecule has 4 amide bonds. The van der Waals surface area contributed by atoms with Crippen molar-refractivity contribution in [1.82, 2.24) is 15.5 Å². The average molecular weight is 329 g/mol. The van der Waals surface area contributed by atoms with Gasteiger partial charge in [-0.3, -0.25) is 14.5 Å². The first-order valence-corrected chi connectivity index (χ1v) is 6.77. The first-order chi connectivity index (χ1) is 10.7. The third-order valence-corrected chi connectivity index (χ3v) is 3.41. The number of hydrogen-bond donors (Lipinski definition) is 2. The summed E-state index contributed by atoms with van der Waals surface area (Å²) >= 11 is 0. The van der Waals surface area contributed by atoms with Gasteiger partial charge < -0.3 is 10.6 Å². The number of benzene rings is 1. The Morgan fingerprint density at radius 3 is 2.39 bits per heavy atom. The highest BCUT2D eigenvalue weighted by Gasteiger charge is 2.68. The van der Waals surface area contributed by atoms with Gasteiger partial charge in [-0.05, 0) is 12.5 Å². The highest BCUT2D eigenvalue weighted by Crippen LogP contribution is 2.43. The molecule has 23 heavy (non-hydrogen) atoms. The van der Waals surface area contributed by atoms with Gasteiger partial charge in [-0.2, -0.15) is 13.2 Å². The molecule has 1 atom stereocenters. The average Bonchev–Trinajstić information content (AvgIpc) is 2.73. The molecule has 1 saturated heterocycles. The van der Waals surface area contributed by atoms with Gasteiger partial charge in [-0.1, -0.05) is 30.3 Å². The molecule has 0 saturated carbocycles. The minimum absolute atomic E-state index is 0.228. The van der Waals surface area contributed by atoms with Crippen LogP contribution in [0.1, 0.15) is 12.5 Å². The quantitative estimate of drug-likeness (QED) is 0.813. The van der Waals surface area contributed by atoms with Crippen molar-refractivity contribution in [2.24, 2.45) is 0 Å². The van der Waals surface area contributed by atoms with Gasteiger partial charge in [0.1, 0.15) is 6.54 Å². The summed E-state index contributed by atoms with van der Waals surface area (Å²) in [5.74, 6) is -2.24. The molecule has 0 bridgehead atoms. The lowest BCUT2D eigenvalue weighted by molar-refractivity contribution is -0.198. The summed E-state index contributed by atoms with van der Waals surface area (Å²) in [7, 11) is 0. The zero-order valence-electron chi connectivity index (χ0n) is 12.1. The lowest BCUT2D eigenvalue weighted by Crippen LogP contribution is -2.56. The Labute approximate surface area is 129 Å². The lowest BCUT2D eigenvalue weighted by Gasteiger charge is -2.29. The molecule has 124 valence electrons. The summed E-state index contributed by atoms with van der Waals surface area (Å²) in [5.41, 5.74) is -3.60. The minimum atomic E-state index is -5.06. The van der Waals surface area contributed by atoms with Gasteiger partial charge in [-0.25, -0.2) is 4.79 Å². The van der Waals surface area contributed by atoms with Gasteiger partial charge in [0.2, 0.25) is 11.4 Å². The molecule has 0 aromatic heterocycles. The zero-order valence-corrected chi connectivity index (χ0v) is 12.1. The number of alkyl halides is 3. The van der Waals surface area contributed by atoms with Crippen molar-refractivity contribution in [1.29, 1.82) is 0 Å². The molecule has 2 N–H and O–H groups in total. The Morgan fingerprint density at radius 2 is 1.87 bits per heavy atom. The number of halogens is 3. The van der Waals surface area contributed by atoms with Crippen molar-refractivity contribution < 1.29 is 27.6 Å². The first-order valence-electron chi connectivity index (χ1n) is 6.77. The van der Waals surface area contributed by atoms with E-state index >= 15 is 0 Å². The van der Waals surface area contributed by atoms with Crippen LogP contribution < -0.4 is 10.6 Å². The highest BCUT2D eigenvalue weighted by atomic mass is 19.4. The lowest BCUT2D eigenvalue weighted by atomic mass is 9.89. The summed E-state index contributed by atoms with van der Waals surface area (Å²) in [6.45, 7) is 1.06. The Morgan fingerprint density at radius 1 is 1.26 bits per heavy atom. The van der Waals surface area contributed by atoms with E-state index in [1.54, 1.807) is 12.2 Å². The largest absolute Gasteiger partial charge is 0.425 e. The number of imide groups is 1. The number of rotatable bonds is 4. The van der Waals surface area contributed by atoms with Crippen molar-refractivity contribution in [2.75, 3.05) is 13.1 Å². The standard InChI is InChI=1S/C14H14F3N3O3/c1-2-18-10(21)8-20-11(22)13(14(15,16)17,19-12(20)23)9-6-4-3-5-7-9/h3-7H,2,8H2,1H3,(H,18,21)(H,19,23). The normalized spacial score (nSPS) is 21.3. The predicted molar refractivity (Wildman–Crippen MR) is 73.1 cm³/mol. The molecular formula is C14H14F3N3O3. The number of carbonyl (C=O) groups is 3. The van der Waals surface area contributed by atoms with E-state index in [4.69, 9.17) is 0 Å². The predicted octanol–water partition coefficient (Wildman–Crippen LogP) is 1.13. The van der Waals surface area contributed by atoms with Crippen molar-refractivity contribution in [3.05, 3.63) is 35.9 Å². The number of urea groups is 1. The van der Waals surface area contributed by atoms with E-state index in [0.717, 1.165) is 12.1 Å². The third kappa shape index (κ3) is 2.73. The summed E-state index contributed by atoms with van der Waals surface area (Å²) in [4.78, 5) is 36.0. The molecule has 1 heterocycles. The fraction of sp³-hybridized carbons (Fsp3) is 0.357. The number of likely N-dealkylation sites (N-methyl/N-ethyl adjacent to an activating group) is 1. The van der Waals surface area contributed by atoms with Crippen molar-refractivity contribution in [3.8, 4) is 0 Å². The van der Waals surface area contributed by atoms with Gasteiger partial charge in [0.25, 0.3) is 5.91 Å². The van der Waals surface area contributed by atoms with Crippen LogP contribution in [-0.2, 0) is 15.1 Å². The van der Waals surface area contributed by atoms with Crippen molar-refractivity contribution in [3.63, 3.8) is 0 Å². The smallest absolute Gasteiger partial charge is 0.355 e. The van der Waals surface area contributed by atoms with Crippen LogP contribution >= 0.6 is 0 Å². The first kappa shape index (κ1) is 16.8. The van der Waals surface area contributed by atoms with Crippen molar-refractivity contribution in [2.45, 2.75) is 18.6 Å². The minimum Gasteiger partial charge on any atom is -0.355 e. The SMILES string of the molecule is CCNC(=O)CN1C(=O)NC(c2ccccc2)(C(F)(F)F)C1=O. The number of nitrogens with zero attached hydrogens (tertiary/aromatic N) is 1. The molecule has 6 nitrogen and oxygen atoms in total. The Bertz CT molecular complexity index is 633. The van der Waals surface area contributed by atoms with Gasteiger partial charge in [0.15, 0.2) is 0 Å². The van der Waals surface area contributed by atoms with E-state index in [0.29, 0.717) is 0 Å². The molecule has 1 aromatic carbocycles. The number of amides is 4. The number of nitrogens with one attached hydrogen (secondary N) is 2. The highest BCUT2D eigenvalue weighted by molar-refractivity contribution is 6.09. The van der Waals surface area contributed by atoms with E-state index in [9.17, 15) is 27.6 Å².